The van der Waals surface area contributed by atoms with Gasteiger partial charge in [0, 0.05) is 12.5 Å². The van der Waals surface area contributed by atoms with Gasteiger partial charge >= 0.3 is 6.18 Å². The molecule has 1 aromatic heterocycles. The normalized spacial score (nSPS) is 12.3. The van der Waals surface area contributed by atoms with Crippen LogP contribution in [0.25, 0.3) is 0 Å². The van der Waals surface area contributed by atoms with Crippen LogP contribution in [-0.4, -0.2) is 29.5 Å². The summed E-state index contributed by atoms with van der Waals surface area (Å²) < 4.78 is 56.8. The second kappa shape index (κ2) is 9.85. The Kier molecular flexibility index (Phi) is 7.15. The predicted molar refractivity (Wildman–Crippen MR) is 117 cm³/mol. The van der Waals surface area contributed by atoms with Crippen molar-refractivity contribution in [2.24, 2.45) is 0 Å². The van der Waals surface area contributed by atoms with Gasteiger partial charge < -0.3 is 20.4 Å². The molecule has 0 aliphatic carbocycles. The average Bonchev–Trinajstić information content (AvgIpc) is 2.78. The summed E-state index contributed by atoms with van der Waals surface area (Å²) >= 11 is 0. The van der Waals surface area contributed by atoms with E-state index in [0.29, 0.717) is 11.3 Å². The van der Waals surface area contributed by atoms with E-state index in [2.05, 4.69) is 15.3 Å². The van der Waals surface area contributed by atoms with Crippen LogP contribution in [0, 0.1) is 5.41 Å². The summed E-state index contributed by atoms with van der Waals surface area (Å²) in [5, 5.41) is 10.8. The molecule has 0 aliphatic heterocycles. The second-order valence-corrected chi connectivity index (χ2v) is 7.36. The SMILES string of the molecule is COc1ccc(Cc2nc(NC(C)c3ccc(C(F)(F)F)cc3)c(C(=N)CF)c(=O)[nH]2)cc1. The first-order valence-electron chi connectivity index (χ1n) is 9.96. The third kappa shape index (κ3) is 5.76. The molecule has 1 unspecified atom stereocenters. The van der Waals surface area contributed by atoms with Gasteiger partial charge in [-0.3, -0.25) is 4.79 Å². The van der Waals surface area contributed by atoms with E-state index >= 15 is 0 Å². The molecule has 0 saturated carbocycles. The summed E-state index contributed by atoms with van der Waals surface area (Å²) in [6.45, 7) is 0.489. The molecule has 3 N–H and O–H groups in total. The smallest absolute Gasteiger partial charge is 0.416 e. The molecule has 3 rings (SSSR count). The number of aromatic nitrogens is 2. The zero-order valence-corrected chi connectivity index (χ0v) is 17.9. The van der Waals surface area contributed by atoms with E-state index in [1.54, 1.807) is 38.3 Å². The molecule has 0 spiro atoms. The Morgan fingerprint density at radius 3 is 2.33 bits per heavy atom. The maximum atomic E-state index is 13.2. The Hall–Kier alpha value is -3.69. The highest BCUT2D eigenvalue weighted by Gasteiger charge is 2.30. The third-order valence-electron chi connectivity index (χ3n) is 5.03. The van der Waals surface area contributed by atoms with Crippen molar-refractivity contribution in [1.82, 2.24) is 9.97 Å². The summed E-state index contributed by atoms with van der Waals surface area (Å²) in [5.74, 6) is 0.930. The van der Waals surface area contributed by atoms with Crippen LogP contribution in [0.4, 0.5) is 23.4 Å². The van der Waals surface area contributed by atoms with E-state index in [1.165, 1.54) is 12.1 Å². The standard InChI is InChI=1S/C23H22F4N4O2/c1-13(15-5-7-16(8-6-15)23(25,26)27)29-21-20(18(28)12-24)22(32)31-19(30-21)11-14-3-9-17(33-2)10-4-14/h3-10,13,28H,11-12H2,1-2H3,(H2,29,30,31,32). The first kappa shape index (κ1) is 24.0. The van der Waals surface area contributed by atoms with Crippen LogP contribution >= 0.6 is 0 Å². The molecule has 10 heteroatoms. The van der Waals surface area contributed by atoms with Gasteiger partial charge in [-0.2, -0.15) is 13.2 Å². The van der Waals surface area contributed by atoms with Crippen molar-refractivity contribution in [3.63, 3.8) is 0 Å². The molecular formula is C23H22F4N4O2. The van der Waals surface area contributed by atoms with Crippen LogP contribution in [-0.2, 0) is 12.6 Å². The minimum absolute atomic E-state index is 0.0164. The van der Waals surface area contributed by atoms with E-state index in [0.717, 1.165) is 17.7 Å². The van der Waals surface area contributed by atoms with Crippen molar-refractivity contribution in [2.75, 3.05) is 19.1 Å². The summed E-state index contributed by atoms with van der Waals surface area (Å²) in [6.07, 6.45) is -4.20. The van der Waals surface area contributed by atoms with Crippen molar-refractivity contribution < 1.29 is 22.3 Å². The average molecular weight is 462 g/mol. The molecule has 0 aliphatic rings. The minimum Gasteiger partial charge on any atom is -0.497 e. The topological polar surface area (TPSA) is 90.9 Å². The van der Waals surface area contributed by atoms with Crippen LogP contribution in [0.2, 0.25) is 0 Å². The number of ether oxygens (including phenoxy) is 1. The highest BCUT2D eigenvalue weighted by atomic mass is 19.4. The Labute approximate surface area is 187 Å². The van der Waals surface area contributed by atoms with Crippen molar-refractivity contribution >= 4 is 11.5 Å². The molecule has 0 amide bonds. The lowest BCUT2D eigenvalue weighted by molar-refractivity contribution is -0.137. The fourth-order valence-corrected chi connectivity index (χ4v) is 3.24. The number of hydrogen-bond acceptors (Lipinski definition) is 5. The van der Waals surface area contributed by atoms with Gasteiger partial charge in [-0.15, -0.1) is 0 Å². The van der Waals surface area contributed by atoms with Crippen molar-refractivity contribution in [2.45, 2.75) is 25.6 Å². The molecule has 1 atom stereocenters. The maximum Gasteiger partial charge on any atom is 0.416 e. The molecule has 0 radical (unpaired) electrons. The van der Waals surface area contributed by atoms with Gasteiger partial charge in [-0.05, 0) is 42.3 Å². The van der Waals surface area contributed by atoms with Crippen molar-refractivity contribution in [3.8, 4) is 5.75 Å². The number of alkyl halides is 4. The first-order valence-corrected chi connectivity index (χ1v) is 9.96. The zero-order valence-electron chi connectivity index (χ0n) is 17.9. The summed E-state index contributed by atoms with van der Waals surface area (Å²) in [4.78, 5) is 19.6. The Balaban J connectivity index is 1.92. The highest BCUT2D eigenvalue weighted by molar-refractivity contribution is 6.02. The van der Waals surface area contributed by atoms with E-state index < -0.39 is 35.7 Å². The summed E-state index contributed by atoms with van der Waals surface area (Å²) in [5.41, 5.74) is -0.946. The number of nitrogens with zero attached hydrogens (tertiary/aromatic N) is 1. The van der Waals surface area contributed by atoms with Gasteiger partial charge in [-0.25, -0.2) is 9.37 Å². The van der Waals surface area contributed by atoms with Gasteiger partial charge in [0.15, 0.2) is 0 Å². The maximum absolute atomic E-state index is 13.2. The lowest BCUT2D eigenvalue weighted by atomic mass is 10.1. The van der Waals surface area contributed by atoms with Gasteiger partial charge in [0.1, 0.15) is 29.6 Å². The molecule has 0 saturated heterocycles. The van der Waals surface area contributed by atoms with E-state index in [4.69, 9.17) is 10.1 Å². The van der Waals surface area contributed by atoms with E-state index in [-0.39, 0.29) is 23.6 Å². The number of halogens is 4. The number of hydrogen-bond donors (Lipinski definition) is 3. The second-order valence-electron chi connectivity index (χ2n) is 7.36. The number of H-pyrrole nitrogens is 1. The number of methoxy groups -OCH3 is 1. The molecule has 6 nitrogen and oxygen atoms in total. The van der Waals surface area contributed by atoms with Crippen molar-refractivity contribution in [1.29, 1.82) is 5.41 Å². The third-order valence-corrected chi connectivity index (χ3v) is 5.03. The lowest BCUT2D eigenvalue weighted by Gasteiger charge is -2.18. The number of aromatic amines is 1. The fraction of sp³-hybridized carbons (Fsp3) is 0.261. The lowest BCUT2D eigenvalue weighted by Crippen LogP contribution is -2.26. The van der Waals surface area contributed by atoms with Crippen LogP contribution in [0.5, 0.6) is 5.75 Å². The van der Waals surface area contributed by atoms with Crippen LogP contribution in [0.1, 0.15) is 41.0 Å². The molecule has 0 bridgehead atoms. The fourth-order valence-electron chi connectivity index (χ4n) is 3.24. The highest BCUT2D eigenvalue weighted by Crippen LogP contribution is 2.30. The molecular weight excluding hydrogens is 440 g/mol. The van der Waals surface area contributed by atoms with Gasteiger partial charge in [-0.1, -0.05) is 24.3 Å². The van der Waals surface area contributed by atoms with E-state index in [1.807, 2.05) is 0 Å². The van der Waals surface area contributed by atoms with Gasteiger partial charge in [0.2, 0.25) is 0 Å². The van der Waals surface area contributed by atoms with Gasteiger partial charge in [0.05, 0.1) is 18.4 Å². The van der Waals surface area contributed by atoms with Crippen molar-refractivity contribution in [3.05, 3.63) is 87.0 Å². The Morgan fingerprint density at radius 2 is 1.79 bits per heavy atom. The first-order chi connectivity index (χ1) is 15.6. The van der Waals surface area contributed by atoms with Gasteiger partial charge in [0.25, 0.3) is 5.56 Å². The van der Waals surface area contributed by atoms with Crippen LogP contribution in [0.15, 0.2) is 53.3 Å². The Bertz CT molecular complexity index is 1170. The molecule has 0 fully saturated rings. The molecule has 2 aromatic carbocycles. The summed E-state index contributed by atoms with van der Waals surface area (Å²) in [7, 11) is 1.54. The minimum atomic E-state index is -4.46. The number of rotatable bonds is 8. The van der Waals surface area contributed by atoms with E-state index in [9.17, 15) is 22.4 Å². The van der Waals surface area contributed by atoms with Crippen LogP contribution < -0.4 is 15.6 Å². The largest absolute Gasteiger partial charge is 0.497 e. The zero-order chi connectivity index (χ0) is 24.2. The Morgan fingerprint density at radius 1 is 1.15 bits per heavy atom. The molecule has 3 aromatic rings. The van der Waals surface area contributed by atoms with Crippen LogP contribution in [0.3, 0.4) is 0 Å². The molecule has 1 heterocycles. The summed E-state index contributed by atoms with van der Waals surface area (Å²) in [6, 6.07) is 11.1. The quantitative estimate of drug-likeness (QED) is 0.328. The number of benzene rings is 2. The monoisotopic (exact) mass is 462 g/mol. The predicted octanol–water partition coefficient (Wildman–Crippen LogP) is 4.90. The number of anilines is 1. The molecule has 174 valence electrons. The number of nitrogens with one attached hydrogen (secondary N) is 3. The molecule has 33 heavy (non-hydrogen) atoms.